The number of amides is 1. The van der Waals surface area contributed by atoms with Crippen molar-refractivity contribution in [2.24, 2.45) is 16.5 Å². The molecule has 0 unspecified atom stereocenters. The van der Waals surface area contributed by atoms with Gasteiger partial charge in [0.25, 0.3) is 5.91 Å². The van der Waals surface area contributed by atoms with Crippen LogP contribution in [0, 0.1) is 0 Å². The van der Waals surface area contributed by atoms with Gasteiger partial charge in [-0.25, -0.2) is 17.8 Å². The summed E-state index contributed by atoms with van der Waals surface area (Å²) in [4.78, 5) is 15.9. The zero-order valence-electron chi connectivity index (χ0n) is 13.8. The molecule has 5 N–H and O–H groups in total. The van der Waals surface area contributed by atoms with Gasteiger partial charge >= 0.3 is 0 Å². The number of guanidine groups is 1. The van der Waals surface area contributed by atoms with Crippen molar-refractivity contribution in [3.8, 4) is 5.69 Å². The van der Waals surface area contributed by atoms with E-state index < -0.39 is 15.9 Å². The normalized spacial score (nSPS) is 14.2. The van der Waals surface area contributed by atoms with Crippen molar-refractivity contribution in [2.75, 3.05) is 7.05 Å². The molecule has 1 saturated carbocycles. The highest BCUT2D eigenvalue weighted by Crippen LogP contribution is 2.43. The van der Waals surface area contributed by atoms with E-state index in [0.29, 0.717) is 16.4 Å². The largest absolute Gasteiger partial charge is 0.370 e. The number of rotatable bonds is 5. The average Bonchev–Trinajstić information content (AvgIpc) is 3.32. The Morgan fingerprint density at radius 2 is 2.08 bits per heavy atom. The van der Waals surface area contributed by atoms with Crippen LogP contribution >= 0.6 is 11.6 Å². The van der Waals surface area contributed by atoms with Crippen LogP contribution in [0.4, 0.5) is 0 Å². The van der Waals surface area contributed by atoms with Crippen LogP contribution in [-0.4, -0.2) is 37.1 Å². The molecule has 1 amide bonds. The first-order valence-electron chi connectivity index (χ1n) is 7.70. The van der Waals surface area contributed by atoms with Gasteiger partial charge in [0, 0.05) is 5.92 Å². The van der Waals surface area contributed by atoms with E-state index in [2.05, 4.69) is 14.8 Å². The summed E-state index contributed by atoms with van der Waals surface area (Å²) >= 11 is 6.27. The number of carbonyl (C=O) groups is 1. The summed E-state index contributed by atoms with van der Waals surface area (Å²) in [6.07, 6.45) is 3.11. The number of hydrogen-bond acceptors (Lipinski definition) is 4. The Balaban J connectivity index is 2.16. The first-order chi connectivity index (χ1) is 12.2. The molecule has 9 nitrogen and oxygen atoms in total. The van der Waals surface area contributed by atoms with E-state index in [4.69, 9.17) is 23.1 Å². The van der Waals surface area contributed by atoms with E-state index in [1.807, 2.05) is 0 Å². The summed E-state index contributed by atoms with van der Waals surface area (Å²) in [6, 6.07) is 4.27. The molecule has 3 rings (SSSR count). The molecule has 1 heterocycles. The predicted molar refractivity (Wildman–Crippen MR) is 96.9 cm³/mol. The lowest BCUT2D eigenvalue weighted by atomic mass is 10.1. The Kier molecular flexibility index (Phi) is 4.74. The third-order valence-electron chi connectivity index (χ3n) is 3.96. The molecule has 0 atom stereocenters. The molecule has 1 aromatic heterocycles. The van der Waals surface area contributed by atoms with Crippen molar-refractivity contribution in [1.82, 2.24) is 14.5 Å². The molecule has 2 aromatic rings. The third kappa shape index (κ3) is 3.43. The molecule has 1 fully saturated rings. The number of carbonyl (C=O) groups excluding carboxylic acids is 1. The maximum absolute atomic E-state index is 12.3. The Hall–Kier alpha value is -2.43. The number of hydrogen-bond donors (Lipinski definition) is 3. The van der Waals surface area contributed by atoms with Crippen LogP contribution in [0.1, 0.15) is 34.8 Å². The van der Waals surface area contributed by atoms with Gasteiger partial charge < -0.3 is 11.5 Å². The average molecular weight is 397 g/mol. The van der Waals surface area contributed by atoms with E-state index in [0.717, 1.165) is 12.8 Å². The summed E-state index contributed by atoms with van der Waals surface area (Å²) in [5.41, 5.74) is 11.8. The zero-order chi connectivity index (χ0) is 19.1. The van der Waals surface area contributed by atoms with Crippen molar-refractivity contribution < 1.29 is 13.2 Å². The predicted octanol–water partition coefficient (Wildman–Crippen LogP) is 0.725. The minimum atomic E-state index is -3.66. The molecule has 138 valence electrons. The lowest BCUT2D eigenvalue weighted by Gasteiger charge is -2.12. The number of nitrogens with zero attached hydrogens (tertiary/aromatic N) is 3. The first-order valence-corrected chi connectivity index (χ1v) is 9.56. The standard InChI is InChI=1S/C15H17ClN6O3S/c1-19-26(24,25)9-4-5-11(16)12(6-9)22-13(8-2-3-8)10(7-20-22)14(23)21-15(17)18/h4-8,19H,2-3H2,1H3,(H4,17,18,21,23). The number of sulfonamides is 1. The van der Waals surface area contributed by atoms with Gasteiger partial charge in [0.05, 0.1) is 33.1 Å². The van der Waals surface area contributed by atoms with Gasteiger partial charge in [-0.1, -0.05) is 11.6 Å². The Bertz CT molecular complexity index is 1010. The van der Waals surface area contributed by atoms with Crippen molar-refractivity contribution in [1.29, 1.82) is 0 Å². The molecule has 0 saturated heterocycles. The molecule has 1 aliphatic rings. The Labute approximate surface area is 155 Å². The van der Waals surface area contributed by atoms with Gasteiger partial charge in [-0.15, -0.1) is 0 Å². The van der Waals surface area contributed by atoms with Crippen LogP contribution in [0.3, 0.4) is 0 Å². The van der Waals surface area contributed by atoms with Crippen LogP contribution in [0.25, 0.3) is 5.69 Å². The molecule has 1 aliphatic carbocycles. The molecule has 26 heavy (non-hydrogen) atoms. The van der Waals surface area contributed by atoms with Gasteiger partial charge in [-0.2, -0.15) is 10.1 Å². The zero-order valence-corrected chi connectivity index (χ0v) is 15.4. The maximum Gasteiger partial charge on any atom is 0.283 e. The molecule has 0 radical (unpaired) electrons. The lowest BCUT2D eigenvalue weighted by molar-refractivity contribution is 0.100. The highest BCUT2D eigenvalue weighted by atomic mass is 35.5. The molecule has 11 heteroatoms. The smallest absolute Gasteiger partial charge is 0.283 e. The number of benzene rings is 1. The minimum Gasteiger partial charge on any atom is -0.370 e. The molecule has 1 aromatic carbocycles. The van der Waals surface area contributed by atoms with Gasteiger partial charge in [0.1, 0.15) is 0 Å². The third-order valence-corrected chi connectivity index (χ3v) is 5.69. The second-order valence-corrected chi connectivity index (χ2v) is 8.09. The second-order valence-electron chi connectivity index (χ2n) is 5.79. The summed E-state index contributed by atoms with van der Waals surface area (Å²) in [5, 5.41) is 4.53. The van der Waals surface area contributed by atoms with E-state index in [1.165, 1.54) is 36.1 Å². The van der Waals surface area contributed by atoms with Crippen LogP contribution in [0.15, 0.2) is 34.3 Å². The van der Waals surface area contributed by atoms with Crippen molar-refractivity contribution in [2.45, 2.75) is 23.7 Å². The van der Waals surface area contributed by atoms with Crippen LogP contribution < -0.4 is 16.2 Å². The first kappa shape index (κ1) is 18.4. The van der Waals surface area contributed by atoms with Crippen LogP contribution in [0.5, 0.6) is 0 Å². The number of halogens is 1. The lowest BCUT2D eigenvalue weighted by Crippen LogP contribution is -2.24. The van der Waals surface area contributed by atoms with E-state index in [9.17, 15) is 13.2 Å². The highest BCUT2D eigenvalue weighted by molar-refractivity contribution is 7.89. The van der Waals surface area contributed by atoms with Gasteiger partial charge in [-0.3, -0.25) is 4.79 Å². The molecule has 0 bridgehead atoms. The Morgan fingerprint density at radius 3 is 2.65 bits per heavy atom. The number of nitrogens with one attached hydrogen (secondary N) is 1. The summed E-state index contributed by atoms with van der Waals surface area (Å²) < 4.78 is 27.9. The monoisotopic (exact) mass is 396 g/mol. The van der Waals surface area contributed by atoms with E-state index in [-0.39, 0.29) is 22.3 Å². The van der Waals surface area contributed by atoms with Crippen LogP contribution in [0.2, 0.25) is 5.02 Å². The fourth-order valence-electron chi connectivity index (χ4n) is 2.58. The topological polar surface area (TPSA) is 145 Å². The molecular formula is C15H17ClN6O3S. The SMILES string of the molecule is CNS(=O)(=O)c1ccc(Cl)c(-n2ncc(C(=O)N=C(N)N)c2C2CC2)c1. The quantitative estimate of drug-likeness (QED) is 0.501. The summed E-state index contributed by atoms with van der Waals surface area (Å²) in [6.45, 7) is 0. The molecular weight excluding hydrogens is 380 g/mol. The molecule has 0 aliphatic heterocycles. The maximum atomic E-state index is 12.3. The van der Waals surface area contributed by atoms with Crippen molar-refractivity contribution in [3.63, 3.8) is 0 Å². The van der Waals surface area contributed by atoms with Crippen LogP contribution in [-0.2, 0) is 10.0 Å². The Morgan fingerprint density at radius 1 is 1.38 bits per heavy atom. The minimum absolute atomic E-state index is 0.0359. The van der Waals surface area contributed by atoms with Crippen molar-refractivity contribution in [3.05, 3.63) is 40.7 Å². The van der Waals surface area contributed by atoms with Gasteiger partial charge in [-0.05, 0) is 38.1 Å². The number of aliphatic imine (C=N–C) groups is 1. The molecule has 0 spiro atoms. The van der Waals surface area contributed by atoms with E-state index >= 15 is 0 Å². The van der Waals surface area contributed by atoms with E-state index in [1.54, 1.807) is 0 Å². The van der Waals surface area contributed by atoms with Gasteiger partial charge in [0.2, 0.25) is 10.0 Å². The second kappa shape index (κ2) is 6.71. The number of nitrogens with two attached hydrogens (primary N) is 2. The van der Waals surface area contributed by atoms with Gasteiger partial charge in [0.15, 0.2) is 5.96 Å². The number of aromatic nitrogens is 2. The summed E-state index contributed by atoms with van der Waals surface area (Å²) in [5.74, 6) is -0.843. The highest BCUT2D eigenvalue weighted by Gasteiger charge is 2.33. The fourth-order valence-corrected chi connectivity index (χ4v) is 3.53. The fraction of sp³-hybridized carbons (Fsp3) is 0.267. The van der Waals surface area contributed by atoms with Crippen molar-refractivity contribution >= 4 is 33.5 Å². The summed E-state index contributed by atoms with van der Waals surface area (Å²) in [7, 11) is -2.34.